The lowest BCUT2D eigenvalue weighted by Gasteiger charge is -2.25. The molecule has 1 aromatic heterocycles. The first-order valence-electron chi connectivity index (χ1n) is 5.52. The summed E-state index contributed by atoms with van der Waals surface area (Å²) in [6.45, 7) is 1.10. The third kappa shape index (κ3) is 3.19. The first-order chi connectivity index (χ1) is 8.81. The van der Waals surface area contributed by atoms with Gasteiger partial charge in [-0.25, -0.2) is 4.79 Å². The minimum Gasteiger partial charge on any atom is -0.479 e. The quantitative estimate of drug-likeness (QED) is 0.757. The van der Waals surface area contributed by atoms with Crippen molar-refractivity contribution in [3.05, 3.63) is 34.2 Å². The molecule has 19 heavy (non-hydrogen) atoms. The summed E-state index contributed by atoms with van der Waals surface area (Å²) in [6, 6.07) is 2.87. The third-order valence-corrected chi connectivity index (χ3v) is 2.66. The van der Waals surface area contributed by atoms with Crippen molar-refractivity contribution >= 4 is 11.9 Å². The van der Waals surface area contributed by atoms with Crippen LogP contribution in [0.4, 0.5) is 0 Å². The molecule has 1 amide bonds. The van der Waals surface area contributed by atoms with Gasteiger partial charge in [0.2, 0.25) is 0 Å². The van der Waals surface area contributed by atoms with E-state index in [9.17, 15) is 14.4 Å². The molecule has 0 saturated carbocycles. The van der Waals surface area contributed by atoms with Gasteiger partial charge >= 0.3 is 5.97 Å². The number of amides is 1. The highest BCUT2D eigenvalue weighted by Crippen LogP contribution is 2.06. The van der Waals surface area contributed by atoms with Gasteiger partial charge in [-0.1, -0.05) is 0 Å². The molecule has 1 rings (SSSR count). The summed E-state index contributed by atoms with van der Waals surface area (Å²) >= 11 is 0. The Morgan fingerprint density at radius 1 is 1.53 bits per heavy atom. The molecule has 0 aliphatic rings. The number of ether oxygens (including phenoxy) is 1. The number of carboxylic acid groups (broad SMARTS) is 1. The average Bonchev–Trinajstić information content (AvgIpc) is 2.32. The Labute approximate surface area is 109 Å². The maximum atomic E-state index is 12.0. The van der Waals surface area contributed by atoms with Crippen molar-refractivity contribution < 1.29 is 19.4 Å². The van der Waals surface area contributed by atoms with E-state index in [1.54, 1.807) is 0 Å². The number of aliphatic carboxylic acids is 1. The van der Waals surface area contributed by atoms with Crippen molar-refractivity contribution in [3.8, 4) is 0 Å². The van der Waals surface area contributed by atoms with E-state index < -0.39 is 23.0 Å². The first kappa shape index (κ1) is 14.9. The average molecular weight is 268 g/mol. The normalized spacial score (nSPS) is 13.6. The van der Waals surface area contributed by atoms with Crippen LogP contribution in [0.25, 0.3) is 0 Å². The van der Waals surface area contributed by atoms with E-state index in [0.29, 0.717) is 0 Å². The molecule has 1 unspecified atom stereocenters. The molecule has 0 fully saturated rings. The van der Waals surface area contributed by atoms with Gasteiger partial charge in [0.05, 0.1) is 6.61 Å². The molecule has 0 bridgehead atoms. The molecule has 1 atom stereocenters. The molecule has 0 aliphatic heterocycles. The molecular weight excluding hydrogens is 252 g/mol. The number of hydrogen-bond donors (Lipinski definition) is 2. The number of pyridine rings is 1. The van der Waals surface area contributed by atoms with Crippen molar-refractivity contribution in [1.82, 2.24) is 9.88 Å². The third-order valence-electron chi connectivity index (χ3n) is 2.66. The summed E-state index contributed by atoms with van der Waals surface area (Å²) in [5.74, 6) is -1.99. The van der Waals surface area contributed by atoms with E-state index in [2.05, 4.69) is 5.32 Å². The van der Waals surface area contributed by atoms with Crippen molar-refractivity contribution in [2.45, 2.75) is 12.5 Å². The van der Waals surface area contributed by atoms with E-state index in [1.165, 1.54) is 44.0 Å². The minimum absolute atomic E-state index is 0.117. The molecule has 7 nitrogen and oxygen atoms in total. The fourth-order valence-corrected chi connectivity index (χ4v) is 1.53. The van der Waals surface area contributed by atoms with Gasteiger partial charge in [-0.3, -0.25) is 9.59 Å². The fraction of sp³-hybridized carbons (Fsp3) is 0.417. The number of hydrogen-bond acceptors (Lipinski definition) is 4. The summed E-state index contributed by atoms with van der Waals surface area (Å²) in [6.07, 6.45) is 1.50. The van der Waals surface area contributed by atoms with Gasteiger partial charge in [0.25, 0.3) is 11.5 Å². The Balaban J connectivity index is 3.05. The predicted molar refractivity (Wildman–Crippen MR) is 67.1 cm³/mol. The number of aromatic nitrogens is 1. The van der Waals surface area contributed by atoms with Crippen molar-refractivity contribution in [2.24, 2.45) is 7.05 Å². The van der Waals surface area contributed by atoms with Crippen molar-refractivity contribution in [1.29, 1.82) is 0 Å². The first-order valence-corrected chi connectivity index (χ1v) is 5.52. The second-order valence-electron chi connectivity index (χ2n) is 4.36. The number of carboxylic acids is 1. The van der Waals surface area contributed by atoms with E-state index in [1.807, 2.05) is 0 Å². The SMILES string of the molecule is COCC(C)(NC(=O)c1cccn(C)c1=O)C(=O)O. The highest BCUT2D eigenvalue weighted by Gasteiger charge is 2.35. The number of rotatable bonds is 5. The molecule has 0 radical (unpaired) electrons. The zero-order valence-electron chi connectivity index (χ0n) is 11.0. The summed E-state index contributed by atoms with van der Waals surface area (Å²) in [4.78, 5) is 34.9. The Morgan fingerprint density at radius 3 is 2.68 bits per heavy atom. The van der Waals surface area contributed by atoms with Crippen LogP contribution in [0.1, 0.15) is 17.3 Å². The molecule has 7 heteroatoms. The lowest BCUT2D eigenvalue weighted by atomic mass is 10.0. The second-order valence-corrected chi connectivity index (χ2v) is 4.36. The van der Waals surface area contributed by atoms with Crippen LogP contribution in [0.2, 0.25) is 0 Å². The zero-order chi connectivity index (χ0) is 14.6. The lowest BCUT2D eigenvalue weighted by molar-refractivity contribution is -0.145. The highest BCUT2D eigenvalue weighted by atomic mass is 16.5. The molecule has 2 N–H and O–H groups in total. The summed E-state index contributed by atoms with van der Waals surface area (Å²) in [5, 5.41) is 11.4. The lowest BCUT2D eigenvalue weighted by Crippen LogP contribution is -2.56. The number of nitrogens with zero attached hydrogens (tertiary/aromatic N) is 1. The minimum atomic E-state index is -1.59. The maximum Gasteiger partial charge on any atom is 0.331 e. The number of carbonyl (C=O) groups excluding carboxylic acids is 1. The van der Waals surface area contributed by atoms with Gasteiger partial charge in [-0.15, -0.1) is 0 Å². The predicted octanol–water partition coefficient (Wildman–Crippen LogP) is -0.395. The Kier molecular flexibility index (Phi) is 4.44. The Morgan fingerprint density at radius 2 is 2.16 bits per heavy atom. The van der Waals surface area contributed by atoms with Crippen LogP contribution in [0.3, 0.4) is 0 Å². The Bertz CT molecular complexity index is 551. The van der Waals surface area contributed by atoms with E-state index in [-0.39, 0.29) is 12.2 Å². The fourth-order valence-electron chi connectivity index (χ4n) is 1.53. The zero-order valence-corrected chi connectivity index (χ0v) is 11.0. The van der Waals surface area contributed by atoms with E-state index >= 15 is 0 Å². The molecule has 104 valence electrons. The molecule has 0 saturated heterocycles. The van der Waals surface area contributed by atoms with Crippen molar-refractivity contribution in [3.63, 3.8) is 0 Å². The van der Waals surface area contributed by atoms with Gasteiger partial charge in [0, 0.05) is 20.4 Å². The summed E-state index contributed by atoms with van der Waals surface area (Å²) in [5.41, 5.74) is -2.20. The van der Waals surface area contributed by atoms with Crippen LogP contribution >= 0.6 is 0 Å². The smallest absolute Gasteiger partial charge is 0.331 e. The molecular formula is C12H16N2O5. The van der Waals surface area contributed by atoms with Gasteiger partial charge < -0.3 is 19.7 Å². The maximum absolute atomic E-state index is 12.0. The summed E-state index contributed by atoms with van der Waals surface area (Å²) < 4.78 is 6.02. The van der Waals surface area contributed by atoms with Crippen molar-refractivity contribution in [2.75, 3.05) is 13.7 Å². The number of nitrogens with one attached hydrogen (secondary N) is 1. The number of carbonyl (C=O) groups is 2. The standard InChI is InChI=1S/C12H16N2O5/c1-12(7-19-3,11(17)18)13-9(15)8-5-4-6-14(2)10(8)16/h4-6H,7H2,1-3H3,(H,13,15)(H,17,18). The van der Waals surface area contributed by atoms with Crippen LogP contribution in [0.5, 0.6) is 0 Å². The van der Waals surface area contributed by atoms with Crippen LogP contribution < -0.4 is 10.9 Å². The number of aryl methyl sites for hydroxylation is 1. The van der Waals surface area contributed by atoms with Gasteiger partial charge in [0.15, 0.2) is 5.54 Å². The van der Waals surface area contributed by atoms with E-state index in [0.717, 1.165) is 0 Å². The second kappa shape index (κ2) is 5.66. The van der Waals surface area contributed by atoms with Gasteiger partial charge in [-0.2, -0.15) is 0 Å². The molecule has 1 aromatic rings. The van der Waals surface area contributed by atoms with Crippen LogP contribution in [-0.4, -0.2) is 40.8 Å². The molecule has 0 aromatic carbocycles. The monoisotopic (exact) mass is 268 g/mol. The largest absolute Gasteiger partial charge is 0.479 e. The molecule has 0 aliphatic carbocycles. The topological polar surface area (TPSA) is 97.6 Å². The summed E-state index contributed by atoms with van der Waals surface area (Å²) in [7, 11) is 2.83. The highest BCUT2D eigenvalue weighted by molar-refractivity contribution is 5.97. The van der Waals surface area contributed by atoms with Crippen LogP contribution in [-0.2, 0) is 16.6 Å². The molecule has 0 spiro atoms. The Hall–Kier alpha value is -2.15. The van der Waals surface area contributed by atoms with Gasteiger partial charge in [-0.05, 0) is 19.1 Å². The number of methoxy groups -OCH3 is 1. The van der Waals surface area contributed by atoms with Crippen LogP contribution in [0.15, 0.2) is 23.1 Å². The molecule has 1 heterocycles. The van der Waals surface area contributed by atoms with E-state index in [4.69, 9.17) is 9.84 Å². The van der Waals surface area contributed by atoms with Gasteiger partial charge in [0.1, 0.15) is 5.56 Å². The van der Waals surface area contributed by atoms with Crippen LogP contribution in [0, 0.1) is 0 Å².